The SMILES string of the molecule is CC(C)Sc1ccccc1CC1=NCC=C1. The van der Waals surface area contributed by atoms with Crippen molar-refractivity contribution >= 4 is 17.5 Å². The van der Waals surface area contributed by atoms with Crippen LogP contribution in [0.3, 0.4) is 0 Å². The highest BCUT2D eigenvalue weighted by atomic mass is 32.2. The van der Waals surface area contributed by atoms with Crippen LogP contribution in [-0.2, 0) is 6.42 Å². The van der Waals surface area contributed by atoms with Crippen molar-refractivity contribution in [2.24, 2.45) is 4.99 Å². The predicted molar refractivity (Wildman–Crippen MR) is 72.6 cm³/mol. The fourth-order valence-electron chi connectivity index (χ4n) is 1.74. The number of hydrogen-bond acceptors (Lipinski definition) is 2. The third-order valence-corrected chi connectivity index (χ3v) is 3.54. The molecule has 0 unspecified atom stereocenters. The minimum Gasteiger partial charge on any atom is -0.285 e. The normalized spacial score (nSPS) is 14.6. The van der Waals surface area contributed by atoms with E-state index in [1.54, 1.807) is 0 Å². The van der Waals surface area contributed by atoms with Gasteiger partial charge in [0.2, 0.25) is 0 Å². The molecule has 0 spiro atoms. The molecule has 2 rings (SSSR count). The summed E-state index contributed by atoms with van der Waals surface area (Å²) in [4.78, 5) is 5.84. The molecule has 84 valence electrons. The summed E-state index contributed by atoms with van der Waals surface area (Å²) >= 11 is 1.93. The van der Waals surface area contributed by atoms with Gasteiger partial charge < -0.3 is 0 Å². The lowest BCUT2D eigenvalue weighted by Gasteiger charge is -2.10. The standard InChI is InChI=1S/C14H17NS/c1-11(2)16-14-8-4-3-6-12(14)10-13-7-5-9-15-13/h3-8,11H,9-10H2,1-2H3. The summed E-state index contributed by atoms with van der Waals surface area (Å²) in [6.07, 6.45) is 5.22. The first-order chi connectivity index (χ1) is 7.75. The Hall–Kier alpha value is -1.02. The summed E-state index contributed by atoms with van der Waals surface area (Å²) in [5.41, 5.74) is 2.60. The molecule has 0 bridgehead atoms. The van der Waals surface area contributed by atoms with Crippen molar-refractivity contribution in [1.82, 2.24) is 0 Å². The lowest BCUT2D eigenvalue weighted by atomic mass is 10.1. The maximum absolute atomic E-state index is 4.45. The summed E-state index contributed by atoms with van der Waals surface area (Å²) in [6.45, 7) is 5.32. The number of thioether (sulfide) groups is 1. The Kier molecular flexibility index (Phi) is 3.83. The second kappa shape index (κ2) is 5.35. The van der Waals surface area contributed by atoms with E-state index in [4.69, 9.17) is 0 Å². The van der Waals surface area contributed by atoms with Gasteiger partial charge in [0, 0.05) is 22.3 Å². The third-order valence-electron chi connectivity index (χ3n) is 2.42. The van der Waals surface area contributed by atoms with E-state index in [0.717, 1.165) is 13.0 Å². The Morgan fingerprint density at radius 2 is 2.12 bits per heavy atom. The first-order valence-electron chi connectivity index (χ1n) is 5.70. The van der Waals surface area contributed by atoms with Crippen molar-refractivity contribution in [3.8, 4) is 0 Å². The van der Waals surface area contributed by atoms with Crippen molar-refractivity contribution in [3.63, 3.8) is 0 Å². The molecule has 1 aliphatic rings. The molecule has 1 aromatic rings. The monoisotopic (exact) mass is 231 g/mol. The van der Waals surface area contributed by atoms with Crippen LogP contribution in [-0.4, -0.2) is 17.5 Å². The van der Waals surface area contributed by atoms with E-state index < -0.39 is 0 Å². The highest BCUT2D eigenvalue weighted by molar-refractivity contribution is 8.00. The lowest BCUT2D eigenvalue weighted by Crippen LogP contribution is -2.00. The molecular formula is C14H17NS. The molecule has 0 fully saturated rings. The molecule has 0 aliphatic carbocycles. The summed E-state index contributed by atoms with van der Waals surface area (Å²) in [5.74, 6) is 0. The van der Waals surface area contributed by atoms with E-state index in [2.05, 4.69) is 55.3 Å². The van der Waals surface area contributed by atoms with Gasteiger partial charge in [-0.15, -0.1) is 11.8 Å². The zero-order valence-electron chi connectivity index (χ0n) is 9.81. The molecule has 0 atom stereocenters. The zero-order valence-corrected chi connectivity index (χ0v) is 10.6. The number of nitrogens with zero attached hydrogens (tertiary/aromatic N) is 1. The molecule has 16 heavy (non-hydrogen) atoms. The van der Waals surface area contributed by atoms with Gasteiger partial charge in [0.1, 0.15) is 0 Å². The van der Waals surface area contributed by atoms with Gasteiger partial charge >= 0.3 is 0 Å². The van der Waals surface area contributed by atoms with Crippen molar-refractivity contribution in [1.29, 1.82) is 0 Å². The van der Waals surface area contributed by atoms with Gasteiger partial charge in [-0.1, -0.05) is 38.1 Å². The molecule has 2 heteroatoms. The second-order valence-electron chi connectivity index (χ2n) is 4.19. The van der Waals surface area contributed by atoms with E-state index in [1.165, 1.54) is 16.2 Å². The molecule has 0 amide bonds. The third kappa shape index (κ3) is 2.99. The van der Waals surface area contributed by atoms with Crippen LogP contribution in [0.2, 0.25) is 0 Å². The number of benzene rings is 1. The molecule has 1 nitrogen and oxygen atoms in total. The summed E-state index contributed by atoms with van der Waals surface area (Å²) in [6, 6.07) is 8.64. The molecule has 1 aromatic carbocycles. The van der Waals surface area contributed by atoms with Crippen LogP contribution in [0.1, 0.15) is 19.4 Å². The predicted octanol–water partition coefficient (Wildman–Crippen LogP) is 3.74. The number of hydrogen-bond donors (Lipinski definition) is 0. The summed E-state index contributed by atoms with van der Waals surface area (Å²) in [5, 5.41) is 0.627. The Morgan fingerprint density at radius 1 is 1.31 bits per heavy atom. The maximum atomic E-state index is 4.45. The van der Waals surface area contributed by atoms with Gasteiger partial charge in [-0.2, -0.15) is 0 Å². The van der Waals surface area contributed by atoms with Crippen molar-refractivity contribution in [2.45, 2.75) is 30.4 Å². The van der Waals surface area contributed by atoms with Crippen LogP contribution in [0.15, 0.2) is 46.3 Å². The summed E-state index contributed by atoms with van der Waals surface area (Å²) < 4.78 is 0. The fraction of sp³-hybridized carbons (Fsp3) is 0.357. The molecule has 0 saturated heterocycles. The minimum absolute atomic E-state index is 0.627. The molecular weight excluding hydrogens is 214 g/mol. The maximum Gasteiger partial charge on any atom is 0.0577 e. The fourth-order valence-corrected chi connectivity index (χ4v) is 2.70. The smallest absolute Gasteiger partial charge is 0.0577 e. The molecule has 0 saturated carbocycles. The van der Waals surface area contributed by atoms with E-state index in [1.807, 2.05) is 11.8 Å². The Morgan fingerprint density at radius 3 is 2.81 bits per heavy atom. The first kappa shape index (κ1) is 11.5. The Balaban J connectivity index is 2.15. The van der Waals surface area contributed by atoms with Crippen LogP contribution in [0.25, 0.3) is 0 Å². The molecule has 1 heterocycles. The van der Waals surface area contributed by atoms with Crippen LogP contribution in [0.4, 0.5) is 0 Å². The lowest BCUT2D eigenvalue weighted by molar-refractivity contribution is 1.10. The molecule has 0 radical (unpaired) electrons. The van der Waals surface area contributed by atoms with Crippen molar-refractivity contribution < 1.29 is 0 Å². The largest absolute Gasteiger partial charge is 0.285 e. The van der Waals surface area contributed by atoms with E-state index >= 15 is 0 Å². The number of aliphatic imine (C=N–C) groups is 1. The van der Waals surface area contributed by atoms with Gasteiger partial charge in [-0.25, -0.2) is 0 Å². The van der Waals surface area contributed by atoms with Gasteiger partial charge in [-0.3, -0.25) is 4.99 Å². The van der Waals surface area contributed by atoms with Crippen molar-refractivity contribution in [2.75, 3.05) is 6.54 Å². The molecule has 1 aliphatic heterocycles. The van der Waals surface area contributed by atoms with Gasteiger partial charge in [0.05, 0.1) is 6.54 Å². The zero-order chi connectivity index (χ0) is 11.4. The van der Waals surface area contributed by atoms with Gasteiger partial charge in [0.25, 0.3) is 0 Å². The van der Waals surface area contributed by atoms with Gasteiger partial charge in [-0.05, 0) is 17.7 Å². The van der Waals surface area contributed by atoms with E-state index in [0.29, 0.717) is 5.25 Å². The minimum atomic E-state index is 0.627. The Bertz CT molecular complexity index is 418. The van der Waals surface area contributed by atoms with E-state index in [-0.39, 0.29) is 0 Å². The average molecular weight is 231 g/mol. The quantitative estimate of drug-likeness (QED) is 0.719. The van der Waals surface area contributed by atoms with Crippen LogP contribution >= 0.6 is 11.8 Å². The Labute approximate surface area is 102 Å². The summed E-state index contributed by atoms with van der Waals surface area (Å²) in [7, 11) is 0. The number of allylic oxidation sites excluding steroid dienone is 1. The average Bonchev–Trinajstić information content (AvgIpc) is 2.73. The highest BCUT2D eigenvalue weighted by Crippen LogP contribution is 2.27. The highest BCUT2D eigenvalue weighted by Gasteiger charge is 2.07. The van der Waals surface area contributed by atoms with Gasteiger partial charge in [0.15, 0.2) is 0 Å². The second-order valence-corrected chi connectivity index (χ2v) is 5.80. The van der Waals surface area contributed by atoms with E-state index in [9.17, 15) is 0 Å². The van der Waals surface area contributed by atoms with Crippen molar-refractivity contribution in [3.05, 3.63) is 42.0 Å². The van der Waals surface area contributed by atoms with Crippen LogP contribution in [0, 0.1) is 0 Å². The first-order valence-corrected chi connectivity index (χ1v) is 6.58. The van der Waals surface area contributed by atoms with Crippen LogP contribution < -0.4 is 0 Å². The molecule has 0 N–H and O–H groups in total. The van der Waals surface area contributed by atoms with Crippen LogP contribution in [0.5, 0.6) is 0 Å². The molecule has 0 aromatic heterocycles. The topological polar surface area (TPSA) is 12.4 Å². The number of rotatable bonds is 4.